The van der Waals surface area contributed by atoms with Gasteiger partial charge in [0.1, 0.15) is 0 Å². The van der Waals surface area contributed by atoms with Gasteiger partial charge < -0.3 is 5.32 Å². The third-order valence-electron chi connectivity index (χ3n) is 2.04. The number of benzene rings is 1. The zero-order valence-corrected chi connectivity index (χ0v) is 11.2. The first-order chi connectivity index (χ1) is 8.72. The minimum absolute atomic E-state index is 0.485. The molecule has 0 spiro atoms. The monoisotopic (exact) mass is 259 g/mol. The molecule has 1 aromatic rings. The second-order valence-corrected chi connectivity index (χ2v) is 4.08. The summed E-state index contributed by atoms with van der Waals surface area (Å²) in [4.78, 5) is 0. The van der Waals surface area contributed by atoms with E-state index in [4.69, 9.17) is 12.2 Å². The molecule has 0 fully saturated rings. The van der Waals surface area contributed by atoms with E-state index < -0.39 is 0 Å². The first-order valence-corrected chi connectivity index (χ1v) is 6.04. The number of hydrazone groups is 1. The first kappa shape index (κ1) is 14.1. The normalized spacial score (nSPS) is 11.3. The fourth-order valence-electron chi connectivity index (χ4n) is 1.25. The van der Waals surface area contributed by atoms with Crippen LogP contribution in [0.3, 0.4) is 0 Å². The van der Waals surface area contributed by atoms with Crippen LogP contribution in [-0.2, 0) is 0 Å². The van der Waals surface area contributed by atoms with Gasteiger partial charge >= 0.3 is 0 Å². The summed E-state index contributed by atoms with van der Waals surface area (Å²) in [6.45, 7) is 6.20. The average Bonchev–Trinajstić information content (AvgIpc) is 2.37. The van der Waals surface area contributed by atoms with Gasteiger partial charge in [0.05, 0.1) is 6.21 Å². The van der Waals surface area contributed by atoms with E-state index in [2.05, 4.69) is 22.4 Å². The van der Waals surface area contributed by atoms with Crippen LogP contribution in [-0.4, -0.2) is 17.9 Å². The third-order valence-corrected chi connectivity index (χ3v) is 2.27. The highest BCUT2D eigenvalue weighted by atomic mass is 32.1. The van der Waals surface area contributed by atoms with Crippen molar-refractivity contribution in [3.63, 3.8) is 0 Å². The smallest absolute Gasteiger partial charge is 0.187 e. The van der Waals surface area contributed by atoms with Gasteiger partial charge in [0.2, 0.25) is 0 Å². The standard InChI is InChI=1S/C14H17N3S/c1-3-9-15-14(18)17-16-11-12(2)10-13-7-5-4-6-8-13/h3-8,10-11H,1,9H2,2H3,(H2,15,17,18)/b12-10+,16-11?. The van der Waals surface area contributed by atoms with Crippen LogP contribution in [0.2, 0.25) is 0 Å². The molecule has 0 atom stereocenters. The molecular formula is C14H17N3S. The third kappa shape index (κ3) is 5.96. The maximum absolute atomic E-state index is 5.00. The molecule has 0 saturated heterocycles. The van der Waals surface area contributed by atoms with Crippen LogP contribution < -0.4 is 10.7 Å². The number of nitrogens with zero attached hydrogens (tertiary/aromatic N) is 1. The molecule has 18 heavy (non-hydrogen) atoms. The zero-order valence-electron chi connectivity index (χ0n) is 10.4. The van der Waals surface area contributed by atoms with E-state index in [9.17, 15) is 0 Å². The lowest BCUT2D eigenvalue weighted by Crippen LogP contribution is -2.31. The van der Waals surface area contributed by atoms with Crippen molar-refractivity contribution >= 4 is 29.6 Å². The van der Waals surface area contributed by atoms with Gasteiger partial charge in [-0.15, -0.1) is 6.58 Å². The van der Waals surface area contributed by atoms with E-state index in [1.807, 2.05) is 43.3 Å². The summed E-state index contributed by atoms with van der Waals surface area (Å²) in [6, 6.07) is 10.1. The highest BCUT2D eigenvalue weighted by Gasteiger charge is 1.89. The Labute approximate surface area is 113 Å². The second kappa shape index (κ2) is 8.20. The lowest BCUT2D eigenvalue weighted by molar-refractivity contribution is 0.941. The van der Waals surface area contributed by atoms with E-state index in [-0.39, 0.29) is 0 Å². The van der Waals surface area contributed by atoms with Crippen molar-refractivity contribution in [1.82, 2.24) is 10.7 Å². The van der Waals surface area contributed by atoms with Crippen LogP contribution >= 0.6 is 12.2 Å². The van der Waals surface area contributed by atoms with Crippen LogP contribution in [0.4, 0.5) is 0 Å². The molecule has 0 radical (unpaired) electrons. The van der Waals surface area contributed by atoms with Gasteiger partial charge in [0, 0.05) is 6.54 Å². The van der Waals surface area contributed by atoms with Gasteiger partial charge in [-0.2, -0.15) is 5.10 Å². The molecule has 0 saturated carbocycles. The Hall–Kier alpha value is -1.94. The van der Waals surface area contributed by atoms with Gasteiger partial charge in [-0.25, -0.2) is 0 Å². The zero-order chi connectivity index (χ0) is 13.2. The molecule has 0 aromatic heterocycles. The maximum Gasteiger partial charge on any atom is 0.187 e. The lowest BCUT2D eigenvalue weighted by Gasteiger charge is -2.03. The number of allylic oxidation sites excluding steroid dienone is 1. The Bertz CT molecular complexity index is 449. The summed E-state index contributed by atoms with van der Waals surface area (Å²) in [7, 11) is 0. The van der Waals surface area contributed by atoms with Crippen molar-refractivity contribution in [2.24, 2.45) is 5.10 Å². The maximum atomic E-state index is 5.00. The molecule has 0 unspecified atom stereocenters. The van der Waals surface area contributed by atoms with Crippen LogP contribution in [0, 0.1) is 0 Å². The number of nitrogens with one attached hydrogen (secondary N) is 2. The largest absolute Gasteiger partial charge is 0.358 e. The Morgan fingerprint density at radius 3 is 2.78 bits per heavy atom. The topological polar surface area (TPSA) is 36.4 Å². The van der Waals surface area contributed by atoms with Gasteiger partial charge in [-0.1, -0.05) is 42.5 Å². The molecule has 1 rings (SSSR count). The van der Waals surface area contributed by atoms with E-state index in [1.54, 1.807) is 12.3 Å². The summed E-state index contributed by atoms with van der Waals surface area (Å²) in [5.74, 6) is 0. The number of rotatable bonds is 5. The predicted octanol–water partition coefficient (Wildman–Crippen LogP) is 2.73. The second-order valence-electron chi connectivity index (χ2n) is 3.67. The molecule has 1 aromatic carbocycles. The summed E-state index contributed by atoms with van der Waals surface area (Å²) in [5, 5.41) is 7.45. The number of hydrogen-bond acceptors (Lipinski definition) is 2. The Balaban J connectivity index is 2.44. The van der Waals surface area contributed by atoms with Gasteiger partial charge in [-0.3, -0.25) is 5.43 Å². The average molecular weight is 259 g/mol. The molecule has 2 N–H and O–H groups in total. The highest BCUT2D eigenvalue weighted by Crippen LogP contribution is 2.04. The van der Waals surface area contributed by atoms with Crippen LogP contribution in [0.25, 0.3) is 6.08 Å². The summed E-state index contributed by atoms with van der Waals surface area (Å²) < 4.78 is 0. The van der Waals surface area contributed by atoms with Crippen LogP contribution in [0.15, 0.2) is 53.7 Å². The summed E-state index contributed by atoms with van der Waals surface area (Å²) in [5.41, 5.74) is 4.92. The molecule has 0 aliphatic carbocycles. The lowest BCUT2D eigenvalue weighted by atomic mass is 10.1. The highest BCUT2D eigenvalue weighted by molar-refractivity contribution is 7.80. The quantitative estimate of drug-likeness (QED) is 0.369. The Morgan fingerprint density at radius 1 is 1.39 bits per heavy atom. The minimum atomic E-state index is 0.485. The molecule has 0 amide bonds. The minimum Gasteiger partial charge on any atom is -0.358 e. The Morgan fingerprint density at radius 2 is 2.11 bits per heavy atom. The van der Waals surface area contributed by atoms with Crippen molar-refractivity contribution in [3.05, 3.63) is 54.1 Å². The van der Waals surface area contributed by atoms with E-state index in [1.165, 1.54) is 0 Å². The molecule has 0 heterocycles. The fraction of sp³-hybridized carbons (Fsp3) is 0.143. The SMILES string of the molecule is C=CCNC(=S)NN=C/C(C)=C/c1ccccc1. The van der Waals surface area contributed by atoms with E-state index in [0.717, 1.165) is 11.1 Å². The number of thiocarbonyl (C=S) groups is 1. The van der Waals surface area contributed by atoms with E-state index >= 15 is 0 Å². The fourth-order valence-corrected chi connectivity index (χ4v) is 1.38. The van der Waals surface area contributed by atoms with E-state index in [0.29, 0.717) is 11.7 Å². The first-order valence-electron chi connectivity index (χ1n) is 5.63. The summed E-state index contributed by atoms with van der Waals surface area (Å²) >= 11 is 5.00. The van der Waals surface area contributed by atoms with Gasteiger partial charge in [-0.05, 0) is 30.3 Å². The van der Waals surface area contributed by atoms with Crippen LogP contribution in [0.5, 0.6) is 0 Å². The van der Waals surface area contributed by atoms with Crippen molar-refractivity contribution in [3.8, 4) is 0 Å². The van der Waals surface area contributed by atoms with Crippen molar-refractivity contribution < 1.29 is 0 Å². The molecule has 0 aliphatic heterocycles. The summed E-state index contributed by atoms with van der Waals surface area (Å²) in [6.07, 6.45) is 5.51. The van der Waals surface area contributed by atoms with Crippen molar-refractivity contribution in [2.45, 2.75) is 6.92 Å². The molecule has 3 nitrogen and oxygen atoms in total. The molecule has 0 aliphatic rings. The Kier molecular flexibility index (Phi) is 6.43. The predicted molar refractivity (Wildman–Crippen MR) is 82.5 cm³/mol. The molecular weight excluding hydrogens is 242 g/mol. The van der Waals surface area contributed by atoms with Gasteiger partial charge in [0.25, 0.3) is 0 Å². The van der Waals surface area contributed by atoms with Gasteiger partial charge in [0.15, 0.2) is 5.11 Å². The van der Waals surface area contributed by atoms with Crippen molar-refractivity contribution in [1.29, 1.82) is 0 Å². The van der Waals surface area contributed by atoms with Crippen LogP contribution in [0.1, 0.15) is 12.5 Å². The number of hydrogen-bond donors (Lipinski definition) is 2. The van der Waals surface area contributed by atoms with Crippen molar-refractivity contribution in [2.75, 3.05) is 6.54 Å². The molecule has 94 valence electrons. The molecule has 0 bridgehead atoms. The molecule has 4 heteroatoms.